The van der Waals surface area contributed by atoms with E-state index in [0.29, 0.717) is 12.5 Å². The van der Waals surface area contributed by atoms with Gasteiger partial charge in [-0.15, -0.1) is 0 Å². The standard InChI is InChI=1S/C10H18F3NOS/c11-10(12,13)16-6-5-15-9-4-2-1-3-8(9)7-14/h8-9H,1-7,14H2. The summed E-state index contributed by atoms with van der Waals surface area (Å²) in [7, 11) is 0. The van der Waals surface area contributed by atoms with Gasteiger partial charge in [-0.05, 0) is 37.1 Å². The molecule has 0 aliphatic heterocycles. The summed E-state index contributed by atoms with van der Waals surface area (Å²) < 4.78 is 41.0. The lowest BCUT2D eigenvalue weighted by Crippen LogP contribution is -2.33. The molecule has 2 nitrogen and oxygen atoms in total. The van der Waals surface area contributed by atoms with Gasteiger partial charge in [0, 0.05) is 5.75 Å². The van der Waals surface area contributed by atoms with Gasteiger partial charge in [0.2, 0.25) is 0 Å². The number of halogens is 3. The van der Waals surface area contributed by atoms with E-state index < -0.39 is 5.51 Å². The molecule has 0 bridgehead atoms. The first-order chi connectivity index (χ1) is 7.53. The van der Waals surface area contributed by atoms with E-state index in [0.717, 1.165) is 25.7 Å². The highest BCUT2D eigenvalue weighted by molar-refractivity contribution is 8.00. The van der Waals surface area contributed by atoms with E-state index in [1.807, 2.05) is 0 Å². The lowest BCUT2D eigenvalue weighted by atomic mass is 9.86. The summed E-state index contributed by atoms with van der Waals surface area (Å²) in [6.07, 6.45) is 4.27. The first-order valence-corrected chi connectivity index (χ1v) is 6.54. The van der Waals surface area contributed by atoms with Gasteiger partial charge < -0.3 is 10.5 Å². The minimum atomic E-state index is -4.15. The van der Waals surface area contributed by atoms with E-state index in [1.165, 1.54) is 0 Å². The fourth-order valence-electron chi connectivity index (χ4n) is 2.02. The highest BCUT2D eigenvalue weighted by atomic mass is 32.2. The summed E-state index contributed by atoms with van der Waals surface area (Å²) in [4.78, 5) is 0. The number of hydrogen-bond donors (Lipinski definition) is 1. The van der Waals surface area contributed by atoms with Crippen LogP contribution < -0.4 is 5.73 Å². The zero-order chi connectivity index (χ0) is 12.0. The van der Waals surface area contributed by atoms with E-state index in [2.05, 4.69) is 0 Å². The second kappa shape index (κ2) is 6.71. The van der Waals surface area contributed by atoms with E-state index in [4.69, 9.17) is 10.5 Å². The van der Waals surface area contributed by atoms with Crippen molar-refractivity contribution in [3.8, 4) is 0 Å². The average molecular weight is 257 g/mol. The Labute approximate surface area is 98.1 Å². The molecule has 1 saturated carbocycles. The van der Waals surface area contributed by atoms with Gasteiger partial charge in [-0.3, -0.25) is 0 Å². The maximum Gasteiger partial charge on any atom is 0.441 e. The van der Waals surface area contributed by atoms with E-state index in [9.17, 15) is 13.2 Å². The molecule has 0 aromatic carbocycles. The Morgan fingerprint density at radius 1 is 1.25 bits per heavy atom. The summed E-state index contributed by atoms with van der Waals surface area (Å²) >= 11 is -0.0253. The molecule has 1 rings (SSSR count). The Balaban J connectivity index is 2.15. The van der Waals surface area contributed by atoms with Crippen LogP contribution in [0.5, 0.6) is 0 Å². The molecule has 2 N–H and O–H groups in total. The zero-order valence-electron chi connectivity index (χ0n) is 9.13. The van der Waals surface area contributed by atoms with Crippen molar-refractivity contribution in [2.45, 2.75) is 37.3 Å². The Morgan fingerprint density at radius 3 is 2.56 bits per heavy atom. The number of ether oxygens (including phenoxy) is 1. The summed E-state index contributed by atoms with van der Waals surface area (Å²) in [5, 5.41) is 0. The highest BCUT2D eigenvalue weighted by Crippen LogP contribution is 2.30. The molecule has 0 aromatic heterocycles. The van der Waals surface area contributed by atoms with Gasteiger partial charge in [0.25, 0.3) is 0 Å². The van der Waals surface area contributed by atoms with Crippen LogP contribution in [0.4, 0.5) is 13.2 Å². The van der Waals surface area contributed by atoms with Gasteiger partial charge in [-0.1, -0.05) is 12.8 Å². The molecule has 1 aliphatic carbocycles. The van der Waals surface area contributed by atoms with Crippen molar-refractivity contribution in [1.82, 2.24) is 0 Å². The predicted octanol–water partition coefficient (Wildman–Crippen LogP) is 2.77. The molecule has 0 aromatic rings. The number of thioether (sulfide) groups is 1. The number of nitrogens with two attached hydrogens (primary N) is 1. The van der Waals surface area contributed by atoms with Crippen molar-refractivity contribution in [2.75, 3.05) is 18.9 Å². The smallest absolute Gasteiger partial charge is 0.377 e. The van der Waals surface area contributed by atoms with Gasteiger partial charge in [0.1, 0.15) is 0 Å². The minimum Gasteiger partial charge on any atom is -0.377 e. The van der Waals surface area contributed by atoms with Gasteiger partial charge in [-0.2, -0.15) is 13.2 Å². The quantitative estimate of drug-likeness (QED) is 0.769. The normalized spacial score (nSPS) is 27.0. The Hall–Kier alpha value is 0.0600. The van der Waals surface area contributed by atoms with Crippen LogP contribution in [-0.4, -0.2) is 30.5 Å². The van der Waals surface area contributed by atoms with Gasteiger partial charge in [-0.25, -0.2) is 0 Å². The number of rotatable bonds is 5. The monoisotopic (exact) mass is 257 g/mol. The van der Waals surface area contributed by atoms with E-state index in [1.54, 1.807) is 0 Å². The lowest BCUT2D eigenvalue weighted by molar-refractivity contribution is -0.0345. The first-order valence-electron chi connectivity index (χ1n) is 5.55. The van der Waals surface area contributed by atoms with Crippen molar-refractivity contribution in [3.63, 3.8) is 0 Å². The van der Waals surface area contributed by atoms with Crippen LogP contribution in [0, 0.1) is 5.92 Å². The third-order valence-electron chi connectivity index (χ3n) is 2.82. The minimum absolute atomic E-state index is 0.0253. The molecule has 2 atom stereocenters. The molecule has 0 spiro atoms. The van der Waals surface area contributed by atoms with Gasteiger partial charge in [0.05, 0.1) is 12.7 Å². The topological polar surface area (TPSA) is 35.2 Å². The van der Waals surface area contributed by atoms with E-state index in [-0.39, 0.29) is 30.2 Å². The van der Waals surface area contributed by atoms with Crippen LogP contribution in [0.3, 0.4) is 0 Å². The molecule has 96 valence electrons. The predicted molar refractivity (Wildman–Crippen MR) is 59.3 cm³/mol. The largest absolute Gasteiger partial charge is 0.441 e. The van der Waals surface area contributed by atoms with Crippen LogP contribution in [0.1, 0.15) is 25.7 Å². The molecule has 2 unspecified atom stereocenters. The zero-order valence-corrected chi connectivity index (χ0v) is 9.95. The van der Waals surface area contributed by atoms with Crippen LogP contribution in [0.25, 0.3) is 0 Å². The van der Waals surface area contributed by atoms with Crippen molar-refractivity contribution >= 4 is 11.8 Å². The second-order valence-electron chi connectivity index (χ2n) is 3.98. The lowest BCUT2D eigenvalue weighted by Gasteiger charge is -2.30. The van der Waals surface area contributed by atoms with Gasteiger partial charge >= 0.3 is 5.51 Å². The Kier molecular flexibility index (Phi) is 5.92. The van der Waals surface area contributed by atoms with Crippen LogP contribution >= 0.6 is 11.8 Å². The van der Waals surface area contributed by atoms with Crippen LogP contribution in [0.2, 0.25) is 0 Å². The number of alkyl halides is 3. The van der Waals surface area contributed by atoms with Gasteiger partial charge in [0.15, 0.2) is 0 Å². The van der Waals surface area contributed by atoms with Crippen molar-refractivity contribution < 1.29 is 17.9 Å². The molecule has 1 fully saturated rings. The fourth-order valence-corrected chi connectivity index (χ4v) is 2.43. The fraction of sp³-hybridized carbons (Fsp3) is 1.00. The molecule has 16 heavy (non-hydrogen) atoms. The summed E-state index contributed by atoms with van der Waals surface area (Å²) in [5.74, 6) is 0.293. The highest BCUT2D eigenvalue weighted by Gasteiger charge is 2.28. The summed E-state index contributed by atoms with van der Waals surface area (Å²) in [6.45, 7) is 0.725. The molecule has 0 amide bonds. The molecular formula is C10H18F3NOS. The molecule has 0 heterocycles. The summed E-state index contributed by atoms with van der Waals surface area (Å²) in [5.41, 5.74) is 1.45. The molecule has 6 heteroatoms. The maximum absolute atomic E-state index is 11.9. The third-order valence-corrected chi connectivity index (χ3v) is 3.52. The summed E-state index contributed by atoms with van der Waals surface area (Å²) in [6, 6.07) is 0. The maximum atomic E-state index is 11.9. The van der Waals surface area contributed by atoms with Crippen molar-refractivity contribution in [2.24, 2.45) is 11.7 Å². The molecule has 0 saturated heterocycles. The first kappa shape index (κ1) is 14.1. The second-order valence-corrected chi connectivity index (χ2v) is 5.14. The molecule has 1 aliphatic rings. The average Bonchev–Trinajstić information content (AvgIpc) is 2.23. The molecular weight excluding hydrogens is 239 g/mol. The van der Waals surface area contributed by atoms with E-state index >= 15 is 0 Å². The molecule has 0 radical (unpaired) electrons. The van der Waals surface area contributed by atoms with Crippen LogP contribution in [-0.2, 0) is 4.74 Å². The Morgan fingerprint density at radius 2 is 1.94 bits per heavy atom. The number of hydrogen-bond acceptors (Lipinski definition) is 3. The van der Waals surface area contributed by atoms with Crippen LogP contribution in [0.15, 0.2) is 0 Å². The van der Waals surface area contributed by atoms with Crippen molar-refractivity contribution in [3.05, 3.63) is 0 Å². The SMILES string of the molecule is NCC1CCCCC1OCCSC(F)(F)F. The van der Waals surface area contributed by atoms with Crippen molar-refractivity contribution in [1.29, 1.82) is 0 Å². The third kappa shape index (κ3) is 5.41. The Bertz CT molecular complexity index is 201.